The lowest BCUT2D eigenvalue weighted by molar-refractivity contribution is -0.116. The largest absolute Gasteiger partial charge is 0.311 e. The number of para-hydroxylation sites is 1. The van der Waals surface area contributed by atoms with E-state index in [1.54, 1.807) is 17.0 Å². The first-order valence-electron chi connectivity index (χ1n) is 10.1. The van der Waals surface area contributed by atoms with Crippen molar-refractivity contribution in [3.05, 3.63) is 58.6 Å². The highest BCUT2D eigenvalue weighted by atomic mass is 35.5. The molecule has 3 rings (SSSR count). The fraction of sp³-hybridized carbons (Fsp3) is 0.304. The first-order chi connectivity index (χ1) is 15.4. The molecule has 0 saturated heterocycles. The van der Waals surface area contributed by atoms with Gasteiger partial charge in [-0.05, 0) is 36.2 Å². The van der Waals surface area contributed by atoms with Crippen LogP contribution in [-0.4, -0.2) is 33.0 Å². The second-order valence-electron chi connectivity index (χ2n) is 7.51. The highest BCUT2D eigenvalue weighted by Crippen LogP contribution is 2.32. The summed E-state index contributed by atoms with van der Waals surface area (Å²) >= 11 is 13.8. The van der Waals surface area contributed by atoms with Gasteiger partial charge in [-0.15, -0.1) is 10.2 Å². The minimum absolute atomic E-state index is 0.0957. The van der Waals surface area contributed by atoms with Crippen LogP contribution in [0.3, 0.4) is 0 Å². The van der Waals surface area contributed by atoms with Crippen molar-refractivity contribution < 1.29 is 4.79 Å². The van der Waals surface area contributed by atoms with Gasteiger partial charge in [-0.2, -0.15) is 5.26 Å². The second-order valence-corrected chi connectivity index (χ2v) is 9.30. The zero-order valence-electron chi connectivity index (χ0n) is 17.8. The van der Waals surface area contributed by atoms with Crippen LogP contribution in [0.5, 0.6) is 0 Å². The Hall–Kier alpha value is -2.53. The Morgan fingerprint density at radius 1 is 1.19 bits per heavy atom. The van der Waals surface area contributed by atoms with Crippen molar-refractivity contribution in [2.75, 3.05) is 17.2 Å². The zero-order chi connectivity index (χ0) is 23.1. The Labute approximate surface area is 202 Å². The van der Waals surface area contributed by atoms with Crippen LogP contribution >= 0.6 is 35.0 Å². The molecule has 32 heavy (non-hydrogen) atoms. The smallest absolute Gasteiger partial charge is 0.237 e. The molecule has 0 unspecified atom stereocenters. The van der Waals surface area contributed by atoms with Gasteiger partial charge in [0.1, 0.15) is 0 Å². The summed E-state index contributed by atoms with van der Waals surface area (Å²) in [6, 6.07) is 16.7. The molecule has 3 aromatic rings. The van der Waals surface area contributed by atoms with Crippen molar-refractivity contribution in [3.63, 3.8) is 0 Å². The molecule has 0 N–H and O–H groups in total. The third-order valence-corrected chi connectivity index (χ3v) is 6.08. The molecule has 0 radical (unpaired) electrons. The van der Waals surface area contributed by atoms with Gasteiger partial charge >= 0.3 is 0 Å². The van der Waals surface area contributed by atoms with Crippen molar-refractivity contribution in [2.24, 2.45) is 5.92 Å². The molecule has 9 heteroatoms. The van der Waals surface area contributed by atoms with Crippen molar-refractivity contribution in [1.29, 1.82) is 5.26 Å². The Morgan fingerprint density at radius 2 is 1.94 bits per heavy atom. The molecular formula is C23H23Cl2N5OS. The third-order valence-electron chi connectivity index (χ3n) is 4.58. The Balaban J connectivity index is 1.84. The highest BCUT2D eigenvalue weighted by Gasteiger charge is 2.21. The normalized spacial score (nSPS) is 10.9. The van der Waals surface area contributed by atoms with Gasteiger partial charge in [-0.3, -0.25) is 4.79 Å². The van der Waals surface area contributed by atoms with Gasteiger partial charge in [-0.25, -0.2) is 0 Å². The van der Waals surface area contributed by atoms with E-state index in [1.165, 1.54) is 11.8 Å². The SMILES string of the molecule is CC(C)Cn1c(SCC(=O)N(CCC#N)c2ccccc2)nnc1-c1ccc(Cl)cc1Cl. The molecule has 166 valence electrons. The maximum atomic E-state index is 13.0. The number of aromatic nitrogens is 3. The predicted octanol–water partition coefficient (Wildman–Crippen LogP) is 5.95. The van der Waals surface area contributed by atoms with Crippen molar-refractivity contribution in [3.8, 4) is 17.5 Å². The van der Waals surface area contributed by atoms with E-state index in [-0.39, 0.29) is 18.1 Å². The average Bonchev–Trinajstić information content (AvgIpc) is 3.14. The molecule has 0 saturated carbocycles. The number of amides is 1. The van der Waals surface area contributed by atoms with Crippen molar-refractivity contribution >= 4 is 46.6 Å². The molecule has 1 amide bonds. The van der Waals surface area contributed by atoms with E-state index in [0.717, 1.165) is 11.3 Å². The average molecular weight is 488 g/mol. The summed E-state index contributed by atoms with van der Waals surface area (Å²) in [4.78, 5) is 14.7. The van der Waals surface area contributed by atoms with Crippen LogP contribution in [0.25, 0.3) is 11.4 Å². The van der Waals surface area contributed by atoms with Gasteiger partial charge in [0, 0.05) is 29.4 Å². The van der Waals surface area contributed by atoms with E-state index < -0.39 is 0 Å². The number of hydrogen-bond donors (Lipinski definition) is 0. The summed E-state index contributed by atoms with van der Waals surface area (Å²) in [5.74, 6) is 1.05. The van der Waals surface area contributed by atoms with Crippen LogP contribution in [-0.2, 0) is 11.3 Å². The second kappa shape index (κ2) is 11.4. The van der Waals surface area contributed by atoms with Gasteiger partial charge in [-0.1, -0.05) is 67.0 Å². The molecule has 6 nitrogen and oxygen atoms in total. The molecule has 0 fully saturated rings. The van der Waals surface area contributed by atoms with E-state index >= 15 is 0 Å². The van der Waals surface area contributed by atoms with Crippen molar-refractivity contribution in [2.45, 2.75) is 32.0 Å². The van der Waals surface area contributed by atoms with E-state index in [1.807, 2.05) is 41.0 Å². The van der Waals surface area contributed by atoms with E-state index in [0.29, 0.717) is 40.0 Å². The number of nitriles is 1. The first kappa shape index (κ1) is 24.1. The number of halogens is 2. The molecular weight excluding hydrogens is 465 g/mol. The number of benzene rings is 2. The topological polar surface area (TPSA) is 74.8 Å². The predicted molar refractivity (Wildman–Crippen MR) is 130 cm³/mol. The fourth-order valence-corrected chi connectivity index (χ4v) is 4.48. The monoisotopic (exact) mass is 487 g/mol. The number of carbonyl (C=O) groups is 1. The van der Waals surface area contributed by atoms with Crippen LogP contribution in [0.1, 0.15) is 20.3 Å². The molecule has 0 aliphatic carbocycles. The Morgan fingerprint density at radius 3 is 2.59 bits per heavy atom. The van der Waals surface area contributed by atoms with Crippen LogP contribution < -0.4 is 4.90 Å². The number of nitrogens with zero attached hydrogens (tertiary/aromatic N) is 5. The lowest BCUT2D eigenvalue weighted by atomic mass is 10.2. The van der Waals surface area contributed by atoms with E-state index in [4.69, 9.17) is 28.5 Å². The number of anilines is 1. The molecule has 0 atom stereocenters. The lowest BCUT2D eigenvalue weighted by Crippen LogP contribution is -2.33. The maximum Gasteiger partial charge on any atom is 0.237 e. The van der Waals surface area contributed by atoms with Crippen LogP contribution in [0, 0.1) is 17.2 Å². The fourth-order valence-electron chi connectivity index (χ4n) is 3.17. The standard InChI is InChI=1S/C23H23Cl2N5OS/c1-16(2)14-30-22(19-10-9-17(24)13-20(19)25)27-28-23(30)32-15-21(31)29(12-6-11-26)18-7-4-3-5-8-18/h3-5,7-10,13,16H,6,12,14-15H2,1-2H3. The number of rotatable bonds is 9. The zero-order valence-corrected chi connectivity index (χ0v) is 20.2. The van der Waals surface area contributed by atoms with Gasteiger partial charge < -0.3 is 9.47 Å². The summed E-state index contributed by atoms with van der Waals surface area (Å²) in [5, 5.41) is 19.4. The van der Waals surface area contributed by atoms with Gasteiger partial charge in [0.15, 0.2) is 11.0 Å². The molecule has 0 bridgehead atoms. The van der Waals surface area contributed by atoms with Gasteiger partial charge in [0.05, 0.1) is 23.3 Å². The molecule has 0 aliphatic heterocycles. The van der Waals surface area contributed by atoms with Crippen LogP contribution in [0.4, 0.5) is 5.69 Å². The number of thioether (sulfide) groups is 1. The maximum absolute atomic E-state index is 13.0. The summed E-state index contributed by atoms with van der Waals surface area (Å²) < 4.78 is 1.99. The van der Waals surface area contributed by atoms with Gasteiger partial charge in [0.25, 0.3) is 0 Å². The molecule has 1 heterocycles. The third kappa shape index (κ3) is 6.04. The molecule has 0 aliphatic rings. The van der Waals surface area contributed by atoms with E-state index in [9.17, 15) is 4.79 Å². The molecule has 2 aromatic carbocycles. The molecule has 1 aromatic heterocycles. The van der Waals surface area contributed by atoms with Crippen LogP contribution in [0.15, 0.2) is 53.7 Å². The summed E-state index contributed by atoms with van der Waals surface area (Å²) in [6.07, 6.45) is 0.258. The highest BCUT2D eigenvalue weighted by molar-refractivity contribution is 7.99. The van der Waals surface area contributed by atoms with E-state index in [2.05, 4.69) is 30.1 Å². The Bertz CT molecular complexity index is 1110. The van der Waals surface area contributed by atoms with Crippen LogP contribution in [0.2, 0.25) is 10.0 Å². The lowest BCUT2D eigenvalue weighted by Gasteiger charge is -2.21. The quantitative estimate of drug-likeness (QED) is 0.348. The summed E-state index contributed by atoms with van der Waals surface area (Å²) in [5.41, 5.74) is 1.51. The number of hydrogen-bond acceptors (Lipinski definition) is 5. The number of carbonyl (C=O) groups excluding carboxylic acids is 1. The van der Waals surface area contributed by atoms with Crippen molar-refractivity contribution in [1.82, 2.24) is 14.8 Å². The minimum Gasteiger partial charge on any atom is -0.311 e. The van der Waals surface area contributed by atoms with Gasteiger partial charge in [0.2, 0.25) is 5.91 Å². The summed E-state index contributed by atoms with van der Waals surface area (Å²) in [6.45, 7) is 5.22. The Kier molecular flexibility index (Phi) is 8.57. The molecule has 0 spiro atoms. The summed E-state index contributed by atoms with van der Waals surface area (Å²) in [7, 11) is 0. The minimum atomic E-state index is -0.0957. The first-order valence-corrected chi connectivity index (χ1v) is 11.9.